The monoisotopic (exact) mass is 332 g/mol. The normalized spacial score (nSPS) is 11.1. The first-order chi connectivity index (χ1) is 7.63. The predicted molar refractivity (Wildman–Crippen MR) is 71.5 cm³/mol. The molecule has 0 saturated heterocycles. The van der Waals surface area contributed by atoms with Gasteiger partial charge in [-0.2, -0.15) is 5.10 Å². The first-order valence-electron chi connectivity index (χ1n) is 4.86. The number of hydrazone groups is 1. The van der Waals surface area contributed by atoms with E-state index in [9.17, 15) is 4.79 Å². The smallest absolute Gasteiger partial charge is 0.427 e. The fourth-order valence-corrected chi connectivity index (χ4v) is 1.41. The second kappa shape index (κ2) is 6.47. The summed E-state index contributed by atoms with van der Waals surface area (Å²) < 4.78 is 5.85. The third-order valence-corrected chi connectivity index (χ3v) is 2.57. The first-order valence-corrected chi connectivity index (χ1v) is 5.94. The lowest BCUT2D eigenvalue weighted by atomic mass is 10.1. The van der Waals surface area contributed by atoms with Gasteiger partial charge in [-0.05, 0) is 54.1 Å². The Hall–Kier alpha value is -1.11. The van der Waals surface area contributed by atoms with Crippen LogP contribution < -0.4 is 5.43 Å². The Kier molecular flexibility index (Phi) is 5.24. The minimum absolute atomic E-state index is 0.337. The molecule has 1 N–H and O–H groups in total. The minimum Gasteiger partial charge on any atom is -0.449 e. The van der Waals surface area contributed by atoms with Crippen LogP contribution in [0.4, 0.5) is 4.79 Å². The number of ether oxygens (including phenoxy) is 1. The number of benzene rings is 1. The van der Waals surface area contributed by atoms with Gasteiger partial charge in [0, 0.05) is 3.57 Å². The van der Waals surface area contributed by atoms with E-state index in [2.05, 4.69) is 37.9 Å². The average molecular weight is 332 g/mol. The van der Waals surface area contributed by atoms with Gasteiger partial charge in [-0.25, -0.2) is 10.2 Å². The molecule has 0 fully saturated rings. The van der Waals surface area contributed by atoms with Crippen LogP contribution >= 0.6 is 22.6 Å². The van der Waals surface area contributed by atoms with Gasteiger partial charge < -0.3 is 4.74 Å². The SMILES string of the molecule is CCOC(=O)N/N=C(/C)c1ccc(I)cc1. The molecule has 16 heavy (non-hydrogen) atoms. The highest BCUT2D eigenvalue weighted by atomic mass is 127. The van der Waals surface area contributed by atoms with Gasteiger partial charge in [0.1, 0.15) is 0 Å². The van der Waals surface area contributed by atoms with E-state index in [0.29, 0.717) is 6.61 Å². The van der Waals surface area contributed by atoms with Crippen molar-refractivity contribution >= 4 is 34.4 Å². The third-order valence-electron chi connectivity index (χ3n) is 1.85. The van der Waals surface area contributed by atoms with Crippen molar-refractivity contribution in [2.24, 2.45) is 5.10 Å². The number of hydrogen-bond donors (Lipinski definition) is 1. The molecule has 1 rings (SSSR count). The van der Waals surface area contributed by atoms with E-state index in [4.69, 9.17) is 0 Å². The molecule has 0 aliphatic rings. The molecule has 1 amide bonds. The number of carbonyl (C=O) groups is 1. The largest absolute Gasteiger partial charge is 0.449 e. The Morgan fingerprint density at radius 1 is 1.44 bits per heavy atom. The van der Waals surface area contributed by atoms with Crippen LogP contribution in [0.15, 0.2) is 29.4 Å². The molecule has 0 aromatic heterocycles. The van der Waals surface area contributed by atoms with Crippen molar-refractivity contribution in [2.75, 3.05) is 6.61 Å². The van der Waals surface area contributed by atoms with Crippen LogP contribution in [0.2, 0.25) is 0 Å². The maximum absolute atomic E-state index is 11.0. The number of hydrogen-bond acceptors (Lipinski definition) is 3. The van der Waals surface area contributed by atoms with Crippen molar-refractivity contribution in [3.05, 3.63) is 33.4 Å². The Morgan fingerprint density at radius 2 is 2.06 bits per heavy atom. The summed E-state index contributed by atoms with van der Waals surface area (Å²) in [4.78, 5) is 11.0. The number of rotatable bonds is 3. The van der Waals surface area contributed by atoms with E-state index >= 15 is 0 Å². The molecule has 0 heterocycles. The molecule has 5 heteroatoms. The molecule has 0 unspecified atom stereocenters. The number of carbonyl (C=O) groups excluding carboxylic acids is 1. The summed E-state index contributed by atoms with van der Waals surface area (Å²) in [6, 6.07) is 7.87. The van der Waals surface area contributed by atoms with Crippen LogP contribution in [0.25, 0.3) is 0 Å². The van der Waals surface area contributed by atoms with E-state index in [1.54, 1.807) is 6.92 Å². The highest BCUT2D eigenvalue weighted by Gasteiger charge is 2.00. The van der Waals surface area contributed by atoms with Crippen molar-refractivity contribution < 1.29 is 9.53 Å². The standard InChI is InChI=1S/C11H13IN2O2/c1-3-16-11(15)14-13-8(2)9-4-6-10(12)7-5-9/h4-7H,3H2,1-2H3,(H,14,15)/b13-8-. The fraction of sp³-hybridized carbons (Fsp3) is 0.273. The zero-order valence-corrected chi connectivity index (χ0v) is 11.3. The molecular formula is C11H13IN2O2. The van der Waals surface area contributed by atoms with Gasteiger partial charge in [-0.15, -0.1) is 0 Å². The van der Waals surface area contributed by atoms with Gasteiger partial charge in [0.2, 0.25) is 0 Å². The van der Waals surface area contributed by atoms with E-state index in [1.165, 1.54) is 0 Å². The molecule has 0 radical (unpaired) electrons. The number of nitrogens with one attached hydrogen (secondary N) is 1. The molecule has 0 aliphatic carbocycles. The quantitative estimate of drug-likeness (QED) is 0.526. The maximum Gasteiger partial charge on any atom is 0.427 e. The maximum atomic E-state index is 11.0. The Morgan fingerprint density at radius 3 is 2.62 bits per heavy atom. The van der Waals surface area contributed by atoms with E-state index in [-0.39, 0.29) is 0 Å². The van der Waals surface area contributed by atoms with E-state index in [1.807, 2.05) is 31.2 Å². The first kappa shape index (κ1) is 13.0. The summed E-state index contributed by atoms with van der Waals surface area (Å²) in [7, 11) is 0. The molecule has 86 valence electrons. The predicted octanol–water partition coefficient (Wildman–Crippen LogP) is 2.76. The van der Waals surface area contributed by atoms with Crippen LogP contribution in [0.1, 0.15) is 19.4 Å². The third kappa shape index (κ3) is 4.18. The van der Waals surface area contributed by atoms with Gasteiger partial charge in [-0.3, -0.25) is 0 Å². The number of halogens is 1. The molecule has 1 aromatic carbocycles. The highest BCUT2D eigenvalue weighted by Crippen LogP contribution is 2.07. The van der Waals surface area contributed by atoms with Gasteiger partial charge >= 0.3 is 6.09 Å². The van der Waals surface area contributed by atoms with Crippen LogP contribution in [0.3, 0.4) is 0 Å². The lowest BCUT2D eigenvalue weighted by Gasteiger charge is -2.02. The van der Waals surface area contributed by atoms with Crippen molar-refractivity contribution in [2.45, 2.75) is 13.8 Å². The Balaban J connectivity index is 2.63. The molecule has 0 atom stereocenters. The second-order valence-electron chi connectivity index (χ2n) is 3.04. The second-order valence-corrected chi connectivity index (χ2v) is 4.28. The van der Waals surface area contributed by atoms with Crippen LogP contribution in [-0.4, -0.2) is 18.4 Å². The van der Waals surface area contributed by atoms with Crippen LogP contribution in [0, 0.1) is 3.57 Å². The average Bonchev–Trinajstić information content (AvgIpc) is 2.27. The van der Waals surface area contributed by atoms with Crippen molar-refractivity contribution in [3.8, 4) is 0 Å². The Bertz CT molecular complexity index is 387. The van der Waals surface area contributed by atoms with Gasteiger partial charge in [0.05, 0.1) is 12.3 Å². The van der Waals surface area contributed by atoms with E-state index < -0.39 is 6.09 Å². The van der Waals surface area contributed by atoms with Crippen molar-refractivity contribution in [1.29, 1.82) is 0 Å². The van der Waals surface area contributed by atoms with E-state index in [0.717, 1.165) is 14.8 Å². The van der Waals surface area contributed by atoms with Crippen LogP contribution in [-0.2, 0) is 4.74 Å². The molecule has 1 aromatic rings. The lowest BCUT2D eigenvalue weighted by Crippen LogP contribution is -2.20. The molecule has 0 spiro atoms. The Labute approximate surface area is 108 Å². The zero-order valence-electron chi connectivity index (χ0n) is 9.16. The summed E-state index contributed by atoms with van der Waals surface area (Å²) in [5, 5.41) is 3.93. The zero-order chi connectivity index (χ0) is 12.0. The van der Waals surface area contributed by atoms with Gasteiger partial charge in [0.25, 0.3) is 0 Å². The summed E-state index contributed by atoms with van der Waals surface area (Å²) in [5.74, 6) is 0. The highest BCUT2D eigenvalue weighted by molar-refractivity contribution is 14.1. The number of nitrogens with zero attached hydrogens (tertiary/aromatic N) is 1. The molecule has 0 bridgehead atoms. The molecular weight excluding hydrogens is 319 g/mol. The minimum atomic E-state index is -0.535. The fourth-order valence-electron chi connectivity index (χ4n) is 1.05. The topological polar surface area (TPSA) is 50.7 Å². The summed E-state index contributed by atoms with van der Waals surface area (Å²) in [6.07, 6.45) is -0.535. The summed E-state index contributed by atoms with van der Waals surface area (Å²) >= 11 is 2.23. The molecule has 0 aliphatic heterocycles. The molecule has 0 saturated carbocycles. The summed E-state index contributed by atoms with van der Waals surface area (Å²) in [5.41, 5.74) is 4.03. The lowest BCUT2D eigenvalue weighted by molar-refractivity contribution is 0.152. The van der Waals surface area contributed by atoms with Crippen molar-refractivity contribution in [1.82, 2.24) is 5.43 Å². The molecule has 4 nitrogen and oxygen atoms in total. The summed E-state index contributed by atoms with van der Waals surface area (Å²) in [6.45, 7) is 3.91. The van der Waals surface area contributed by atoms with Crippen molar-refractivity contribution in [3.63, 3.8) is 0 Å². The van der Waals surface area contributed by atoms with Gasteiger partial charge in [0.15, 0.2) is 0 Å². The number of amides is 1. The van der Waals surface area contributed by atoms with Gasteiger partial charge in [-0.1, -0.05) is 12.1 Å². The van der Waals surface area contributed by atoms with Crippen LogP contribution in [0.5, 0.6) is 0 Å².